The van der Waals surface area contributed by atoms with E-state index in [9.17, 15) is 4.79 Å². The summed E-state index contributed by atoms with van der Waals surface area (Å²) in [6.07, 6.45) is 1.57. The van der Waals surface area contributed by atoms with E-state index >= 15 is 0 Å². The second-order valence-corrected chi connectivity index (χ2v) is 6.20. The molecule has 21 heavy (non-hydrogen) atoms. The predicted octanol–water partition coefficient (Wildman–Crippen LogP) is 4.54. The van der Waals surface area contributed by atoms with Crippen LogP contribution in [0.5, 0.6) is 0 Å². The number of hydrogen-bond donors (Lipinski definition) is 1. The van der Waals surface area contributed by atoms with Crippen LogP contribution in [0.2, 0.25) is 0 Å². The van der Waals surface area contributed by atoms with Gasteiger partial charge in [-0.1, -0.05) is 44.2 Å². The zero-order valence-corrected chi connectivity index (χ0v) is 15.1. The van der Waals surface area contributed by atoms with Crippen LogP contribution in [0.4, 0.5) is 0 Å². The van der Waals surface area contributed by atoms with Gasteiger partial charge in [-0.25, -0.2) is 4.21 Å². The van der Waals surface area contributed by atoms with E-state index in [1.807, 2.05) is 6.07 Å². The van der Waals surface area contributed by atoms with Crippen LogP contribution in [0.1, 0.15) is 32.8 Å². The first-order valence-electron chi connectivity index (χ1n) is 5.83. The molecule has 0 amide bonds. The number of benzene rings is 1. The molecule has 0 radical (unpaired) electrons. The minimum atomic E-state index is -1.67. The van der Waals surface area contributed by atoms with Crippen LogP contribution < -0.4 is 0 Å². The molecule has 1 aromatic rings. The lowest BCUT2D eigenvalue weighted by atomic mass is 10.2. The number of aryl methyl sites for hydroxylation is 1. The number of carboxylic acid groups (broad SMARTS) is 1. The lowest BCUT2D eigenvalue weighted by Crippen LogP contribution is -1.78. The fourth-order valence-corrected chi connectivity index (χ4v) is 0.714. The molecular weight excluding hydrogens is 359 g/mol. The fourth-order valence-electron chi connectivity index (χ4n) is 0.714. The van der Waals surface area contributed by atoms with Gasteiger partial charge in [0, 0.05) is 34.7 Å². The molecule has 4 nitrogen and oxygen atoms in total. The maximum absolute atomic E-state index is 9.58. The Morgan fingerprint density at radius 2 is 1.43 bits per heavy atom. The number of halogens is 3. The highest BCUT2D eigenvalue weighted by Gasteiger charge is 1.81. The third kappa shape index (κ3) is 45.2. The lowest BCUT2D eigenvalue weighted by Gasteiger charge is -1.89. The third-order valence-electron chi connectivity index (χ3n) is 1.53. The minimum Gasteiger partial charge on any atom is -0.481 e. The normalized spacial score (nSPS) is 8.14. The van der Waals surface area contributed by atoms with Crippen molar-refractivity contribution in [2.24, 2.45) is 0 Å². The highest BCUT2D eigenvalue weighted by molar-refractivity contribution is 8.26. The number of aliphatic carboxylic acids is 1. The Bertz CT molecular complexity index is 380. The summed E-state index contributed by atoms with van der Waals surface area (Å²) in [4.78, 5) is 18.6. The summed E-state index contributed by atoms with van der Waals surface area (Å²) in [6, 6.07) is 10.5. The summed E-state index contributed by atoms with van der Waals surface area (Å²) in [7, 11) is 7.36. The molecule has 122 valence electrons. The van der Waals surface area contributed by atoms with E-state index in [2.05, 4.69) is 52.6 Å². The van der Waals surface area contributed by atoms with Gasteiger partial charge in [0.2, 0.25) is 14.5 Å². The number of carbonyl (C=O) groups excluding carboxylic acids is 1. The van der Waals surface area contributed by atoms with Crippen LogP contribution in [0.25, 0.3) is 0 Å². The molecule has 1 aromatic carbocycles. The molecule has 8 heteroatoms. The molecule has 0 saturated heterocycles. The van der Waals surface area contributed by atoms with Crippen LogP contribution in [-0.2, 0) is 25.2 Å². The highest BCUT2D eigenvalue weighted by atomic mass is 36.0. The number of rotatable bonds is 2. The van der Waals surface area contributed by atoms with Crippen molar-refractivity contribution in [3.05, 3.63) is 35.9 Å². The van der Waals surface area contributed by atoms with Gasteiger partial charge in [-0.05, 0) is 23.6 Å². The zero-order valence-electron chi connectivity index (χ0n) is 12.0. The second kappa shape index (κ2) is 19.4. The predicted molar refractivity (Wildman–Crippen MR) is 90.1 cm³/mol. The average Bonchev–Trinajstić information content (AvgIpc) is 2.39. The average molecular weight is 378 g/mol. The molecule has 0 heterocycles. The molecular formula is C13H19Cl3O4S. The van der Waals surface area contributed by atoms with Crippen LogP contribution >= 0.6 is 33.0 Å². The molecule has 0 aliphatic heterocycles. The Morgan fingerprint density at radius 3 is 1.57 bits per heavy atom. The van der Waals surface area contributed by atoms with Crippen LogP contribution in [0.3, 0.4) is 0 Å². The van der Waals surface area contributed by atoms with Gasteiger partial charge in [-0.2, -0.15) is 0 Å². The quantitative estimate of drug-likeness (QED) is 0.768. The van der Waals surface area contributed by atoms with Crippen molar-refractivity contribution in [1.82, 2.24) is 0 Å². The molecule has 1 rings (SSSR count). The summed E-state index contributed by atoms with van der Waals surface area (Å²) in [5.41, 5.74) is 1.41. The largest absolute Gasteiger partial charge is 0.481 e. The number of carboxylic acids is 1. The van der Waals surface area contributed by atoms with Gasteiger partial charge in [0.25, 0.3) is 5.97 Å². The smallest absolute Gasteiger partial charge is 0.300 e. The fraction of sp³-hybridized carbons (Fsp3) is 0.385. The van der Waals surface area contributed by atoms with E-state index in [-0.39, 0.29) is 5.24 Å². The van der Waals surface area contributed by atoms with Crippen molar-refractivity contribution in [2.75, 3.05) is 0 Å². The molecule has 0 aliphatic rings. The Morgan fingerprint density at radius 1 is 1.14 bits per heavy atom. The van der Waals surface area contributed by atoms with Crippen LogP contribution in [0, 0.1) is 0 Å². The summed E-state index contributed by atoms with van der Waals surface area (Å²) in [5.74, 6) is -0.833. The lowest BCUT2D eigenvalue weighted by molar-refractivity contribution is -0.134. The van der Waals surface area contributed by atoms with E-state index in [0.29, 0.717) is 6.42 Å². The van der Waals surface area contributed by atoms with Crippen LogP contribution in [0.15, 0.2) is 30.3 Å². The Balaban J connectivity index is -0.000000219. The molecule has 0 bridgehead atoms. The molecule has 0 unspecified atom stereocenters. The second-order valence-electron chi connectivity index (χ2n) is 3.25. The SMILES string of the molecule is CC(=O)O.CCC(=O)Cl.CCc1ccccc1.O=S(Cl)Cl. The molecule has 0 fully saturated rings. The Labute approximate surface area is 141 Å². The first kappa shape index (κ1) is 25.3. The van der Waals surface area contributed by atoms with Gasteiger partial charge in [0.15, 0.2) is 0 Å². The van der Waals surface area contributed by atoms with Gasteiger partial charge in [-0.15, -0.1) is 0 Å². The van der Waals surface area contributed by atoms with Crippen molar-refractivity contribution in [2.45, 2.75) is 33.6 Å². The van der Waals surface area contributed by atoms with Crippen molar-refractivity contribution < 1.29 is 18.9 Å². The highest BCUT2D eigenvalue weighted by Crippen LogP contribution is 1.96. The summed E-state index contributed by atoms with van der Waals surface area (Å²) in [5, 5.41) is 7.14. The molecule has 0 aromatic heterocycles. The van der Waals surface area contributed by atoms with Gasteiger partial charge in [0.1, 0.15) is 0 Å². The van der Waals surface area contributed by atoms with Crippen LogP contribution in [-0.4, -0.2) is 20.5 Å². The van der Waals surface area contributed by atoms with Gasteiger partial charge < -0.3 is 5.11 Å². The van der Waals surface area contributed by atoms with Gasteiger partial charge in [-0.3, -0.25) is 9.59 Å². The molecule has 0 aliphatic carbocycles. The van der Waals surface area contributed by atoms with Crippen molar-refractivity contribution in [3.8, 4) is 0 Å². The molecule has 0 atom stereocenters. The summed E-state index contributed by atoms with van der Waals surface area (Å²) < 4.78 is 9.09. The topological polar surface area (TPSA) is 71.4 Å². The minimum absolute atomic E-state index is 0.273. The maximum atomic E-state index is 9.58. The third-order valence-corrected chi connectivity index (χ3v) is 1.80. The van der Waals surface area contributed by atoms with E-state index in [1.165, 1.54) is 5.56 Å². The molecule has 0 saturated carbocycles. The van der Waals surface area contributed by atoms with Crippen molar-refractivity contribution in [1.29, 1.82) is 0 Å². The maximum Gasteiger partial charge on any atom is 0.300 e. The first-order valence-corrected chi connectivity index (χ1v) is 9.01. The van der Waals surface area contributed by atoms with E-state index < -0.39 is 15.2 Å². The Kier molecular flexibility index (Phi) is 23.4. The molecule has 1 N–H and O–H groups in total. The van der Waals surface area contributed by atoms with Gasteiger partial charge in [0.05, 0.1) is 0 Å². The van der Waals surface area contributed by atoms with E-state index in [1.54, 1.807) is 6.92 Å². The van der Waals surface area contributed by atoms with Crippen molar-refractivity contribution in [3.63, 3.8) is 0 Å². The van der Waals surface area contributed by atoms with E-state index in [4.69, 9.17) is 25.7 Å². The standard InChI is InChI=1S/C8H10.C3H5ClO.C2H4O2.Cl2OS/c1-2-8-6-4-3-5-7-8;1-2-3(4)5;1-2(3)4;1-4(2)3/h3-7H,2H2,1H3;2H2,1H3;1H3,(H,3,4);. The molecule has 0 spiro atoms. The Hall–Kier alpha value is -0.620. The number of carbonyl (C=O) groups is 2. The summed E-state index contributed by atoms with van der Waals surface area (Å²) in [6.45, 7) is 4.96. The number of hydrogen-bond acceptors (Lipinski definition) is 3. The summed E-state index contributed by atoms with van der Waals surface area (Å²) >= 11 is 4.82. The van der Waals surface area contributed by atoms with E-state index in [0.717, 1.165) is 13.3 Å². The van der Waals surface area contributed by atoms with Crippen molar-refractivity contribution >= 4 is 53.4 Å². The zero-order chi connectivity index (χ0) is 17.3. The first-order chi connectivity index (χ1) is 9.67. The monoisotopic (exact) mass is 376 g/mol. The van der Waals surface area contributed by atoms with Gasteiger partial charge >= 0.3 is 0 Å².